The number of aliphatic hydroxyl groups is 1. The molecule has 1 saturated carbocycles. The monoisotopic (exact) mass is 655 g/mol. The molecule has 0 bridgehead atoms. The van der Waals surface area contributed by atoms with Crippen LogP contribution in [0.3, 0.4) is 0 Å². The first-order chi connectivity index (χ1) is 21.9. The highest BCUT2D eigenvalue weighted by Gasteiger charge is 2.64. The van der Waals surface area contributed by atoms with Crippen molar-refractivity contribution in [3.05, 3.63) is 77.5 Å². The quantitative estimate of drug-likeness (QED) is 0.207. The van der Waals surface area contributed by atoms with Gasteiger partial charge in [0.05, 0.1) is 30.2 Å². The van der Waals surface area contributed by atoms with Crippen molar-refractivity contribution in [3.8, 4) is 22.8 Å². The van der Waals surface area contributed by atoms with Crippen LogP contribution in [0.15, 0.2) is 54.9 Å². The minimum atomic E-state index is -4.92. The summed E-state index contributed by atoms with van der Waals surface area (Å²) in [5.41, 5.74) is 1.63. The Bertz CT molecular complexity index is 1960. The molecule has 1 fully saturated rings. The fourth-order valence-corrected chi connectivity index (χ4v) is 6.65. The molecule has 0 radical (unpaired) electrons. The topological polar surface area (TPSA) is 150 Å². The largest absolute Gasteiger partial charge is 0.494 e. The number of nitrogens with two attached hydrogens (primary N) is 1. The molecule has 0 saturated heterocycles. The second kappa shape index (κ2) is 10.6. The molecule has 0 spiro atoms. The van der Waals surface area contributed by atoms with Crippen molar-refractivity contribution in [3.63, 3.8) is 0 Å². The Labute approximate surface area is 262 Å². The van der Waals surface area contributed by atoms with Gasteiger partial charge < -0.3 is 25.6 Å². The van der Waals surface area contributed by atoms with E-state index in [-0.39, 0.29) is 40.4 Å². The standard InChI is InChI=1S/C30H25F4N7O4S/c1-44-20-10-16(11-21-24(20)39-27(35)46-21)26(42)36-13-28(43,17-4-5-17)22-12-19-25(23(38-22)15-2-6-18(31)7-3-15)45-14-29(19,30(32,33)34)41-9-8-37-40-41/h2-3,6-12,17,43H,4-5,13-14H2,1H3,(H2,35,39)(H,36,42)/t28-,29+/m1/s1. The highest BCUT2D eigenvalue weighted by Crippen LogP contribution is 2.54. The SMILES string of the molecule is COc1cc(C(=O)NC[C@](O)(c2cc3c(c(-c4ccc(F)cc4)n2)OC[C@@]3(n2ccnn2)C(F)(F)F)C2CC2)cc2sc(N)nc12. The van der Waals surface area contributed by atoms with Crippen molar-refractivity contribution in [2.45, 2.75) is 30.2 Å². The molecule has 46 heavy (non-hydrogen) atoms. The predicted molar refractivity (Wildman–Crippen MR) is 158 cm³/mol. The summed E-state index contributed by atoms with van der Waals surface area (Å²) in [6, 6.07) is 9.25. The molecule has 4 N–H and O–H groups in total. The van der Waals surface area contributed by atoms with Crippen LogP contribution in [0.5, 0.6) is 11.5 Å². The Kier molecular flexibility index (Phi) is 6.90. The molecule has 2 atom stereocenters. The summed E-state index contributed by atoms with van der Waals surface area (Å²) in [5.74, 6) is -1.41. The van der Waals surface area contributed by atoms with Crippen LogP contribution in [0, 0.1) is 11.7 Å². The third kappa shape index (κ3) is 4.70. The van der Waals surface area contributed by atoms with Gasteiger partial charge in [-0.1, -0.05) is 16.6 Å². The average Bonchev–Trinajstić information content (AvgIpc) is 3.40. The lowest BCUT2D eigenvalue weighted by Gasteiger charge is -2.32. The molecular formula is C30H25F4N7O4S. The molecule has 3 aromatic heterocycles. The average molecular weight is 656 g/mol. The number of benzene rings is 2. The van der Waals surface area contributed by atoms with Crippen LogP contribution in [0.25, 0.3) is 21.5 Å². The number of nitrogens with zero attached hydrogens (tertiary/aromatic N) is 5. The number of ether oxygens (including phenoxy) is 2. The molecule has 16 heteroatoms. The molecule has 1 aliphatic carbocycles. The van der Waals surface area contributed by atoms with E-state index >= 15 is 13.2 Å². The van der Waals surface area contributed by atoms with Gasteiger partial charge in [-0.15, -0.1) is 5.10 Å². The van der Waals surface area contributed by atoms with Crippen LogP contribution in [-0.4, -0.2) is 62.4 Å². The van der Waals surface area contributed by atoms with Crippen molar-refractivity contribution >= 4 is 32.6 Å². The van der Waals surface area contributed by atoms with E-state index in [4.69, 9.17) is 15.2 Å². The maximum atomic E-state index is 15.1. The molecule has 1 amide bonds. The number of alkyl halides is 3. The fraction of sp³-hybridized carbons (Fsp3) is 0.300. The van der Waals surface area contributed by atoms with Crippen LogP contribution in [0.2, 0.25) is 0 Å². The Balaban J connectivity index is 1.33. The smallest absolute Gasteiger partial charge is 0.421 e. The van der Waals surface area contributed by atoms with E-state index in [0.29, 0.717) is 38.6 Å². The van der Waals surface area contributed by atoms with E-state index < -0.39 is 41.6 Å². The summed E-state index contributed by atoms with van der Waals surface area (Å²) in [6.45, 7) is -1.25. The molecule has 0 unspecified atom stereocenters. The van der Waals surface area contributed by atoms with Gasteiger partial charge in [0.15, 0.2) is 10.9 Å². The fourth-order valence-electron chi connectivity index (χ4n) is 5.86. The second-order valence-electron chi connectivity index (χ2n) is 11.2. The van der Waals surface area contributed by atoms with Gasteiger partial charge in [-0.25, -0.2) is 19.0 Å². The number of thiazole rings is 1. The highest BCUT2D eigenvalue weighted by molar-refractivity contribution is 7.22. The van der Waals surface area contributed by atoms with Gasteiger partial charge in [0.2, 0.25) is 5.54 Å². The zero-order valence-corrected chi connectivity index (χ0v) is 24.8. The summed E-state index contributed by atoms with van der Waals surface area (Å²) in [4.78, 5) is 22.3. The molecule has 11 nitrogen and oxygen atoms in total. The third-order valence-electron chi connectivity index (χ3n) is 8.42. The minimum Gasteiger partial charge on any atom is -0.494 e. The van der Waals surface area contributed by atoms with E-state index in [1.165, 1.54) is 36.6 Å². The van der Waals surface area contributed by atoms with Gasteiger partial charge in [0, 0.05) is 22.9 Å². The molecule has 1 aliphatic heterocycles. The number of carbonyl (C=O) groups is 1. The van der Waals surface area contributed by atoms with Crippen molar-refractivity contribution in [2.24, 2.45) is 5.92 Å². The molecule has 2 aromatic carbocycles. The summed E-state index contributed by atoms with van der Waals surface area (Å²) < 4.78 is 71.5. The lowest BCUT2D eigenvalue weighted by molar-refractivity contribution is -0.205. The predicted octanol–water partition coefficient (Wildman–Crippen LogP) is 4.41. The zero-order valence-electron chi connectivity index (χ0n) is 24.0. The first-order valence-electron chi connectivity index (χ1n) is 14.1. The number of halogens is 4. The molecule has 5 aromatic rings. The zero-order chi connectivity index (χ0) is 32.4. The number of nitrogen functional groups attached to an aromatic ring is 1. The second-order valence-corrected chi connectivity index (χ2v) is 12.3. The Morgan fingerprint density at radius 3 is 2.63 bits per heavy atom. The number of pyridine rings is 1. The van der Waals surface area contributed by atoms with E-state index in [2.05, 4.69) is 25.6 Å². The van der Waals surface area contributed by atoms with E-state index in [1.807, 2.05) is 0 Å². The van der Waals surface area contributed by atoms with E-state index in [0.717, 1.165) is 30.6 Å². The molecular weight excluding hydrogens is 630 g/mol. The van der Waals surface area contributed by atoms with Crippen molar-refractivity contribution in [1.29, 1.82) is 0 Å². The third-order valence-corrected chi connectivity index (χ3v) is 9.25. The number of anilines is 1. The van der Waals surface area contributed by atoms with Crippen molar-refractivity contribution in [1.82, 2.24) is 30.3 Å². The van der Waals surface area contributed by atoms with Gasteiger partial charge in [0.25, 0.3) is 5.91 Å². The molecule has 2 aliphatic rings. The van der Waals surface area contributed by atoms with Crippen molar-refractivity contribution in [2.75, 3.05) is 26.0 Å². The van der Waals surface area contributed by atoms with E-state index in [9.17, 15) is 14.3 Å². The number of rotatable bonds is 8. The van der Waals surface area contributed by atoms with Crippen LogP contribution >= 0.6 is 11.3 Å². The van der Waals surface area contributed by atoms with Gasteiger partial charge >= 0.3 is 6.18 Å². The number of fused-ring (bicyclic) bond motifs is 2. The molecule has 7 rings (SSSR count). The van der Waals surface area contributed by atoms with Crippen LogP contribution in [0.1, 0.15) is 34.5 Å². The summed E-state index contributed by atoms with van der Waals surface area (Å²) in [5, 5.41) is 22.5. The van der Waals surface area contributed by atoms with Gasteiger partial charge in [-0.05, 0) is 61.2 Å². The number of hydrogen-bond acceptors (Lipinski definition) is 10. The van der Waals surface area contributed by atoms with Gasteiger partial charge in [-0.3, -0.25) is 4.79 Å². The summed E-state index contributed by atoms with van der Waals surface area (Å²) in [7, 11) is 1.43. The Hall–Kier alpha value is -4.83. The maximum absolute atomic E-state index is 15.1. The van der Waals surface area contributed by atoms with Crippen LogP contribution < -0.4 is 20.5 Å². The highest BCUT2D eigenvalue weighted by atomic mass is 32.1. The molecule has 238 valence electrons. The van der Waals surface area contributed by atoms with Crippen LogP contribution in [0.4, 0.5) is 22.7 Å². The lowest BCUT2D eigenvalue weighted by Crippen LogP contribution is -2.50. The first kappa shape index (κ1) is 29.9. The number of nitrogens with one attached hydrogen (secondary N) is 1. The van der Waals surface area contributed by atoms with E-state index in [1.54, 1.807) is 6.07 Å². The van der Waals surface area contributed by atoms with Gasteiger partial charge in [-0.2, -0.15) is 13.2 Å². The number of carbonyl (C=O) groups excluding carboxylic acids is 1. The van der Waals surface area contributed by atoms with Gasteiger partial charge in [0.1, 0.15) is 35.0 Å². The summed E-state index contributed by atoms with van der Waals surface area (Å²) in [6.07, 6.45) is -1.63. The number of amides is 1. The first-order valence-corrected chi connectivity index (χ1v) is 14.9. The maximum Gasteiger partial charge on any atom is 0.421 e. The Morgan fingerprint density at radius 2 is 1.98 bits per heavy atom. The van der Waals surface area contributed by atoms with Crippen LogP contribution in [-0.2, 0) is 11.1 Å². The normalized spacial score (nSPS) is 19.0. The Morgan fingerprint density at radius 1 is 1.22 bits per heavy atom. The molecule has 4 heterocycles. The van der Waals surface area contributed by atoms with Crippen molar-refractivity contribution < 1.29 is 36.9 Å². The lowest BCUT2D eigenvalue weighted by atomic mass is 9.85. The number of hydrogen-bond donors (Lipinski definition) is 3. The summed E-state index contributed by atoms with van der Waals surface area (Å²) >= 11 is 1.17. The minimum absolute atomic E-state index is 0.0258. The number of methoxy groups -OCH3 is 1. The number of aromatic nitrogens is 5.